The normalized spacial score (nSPS) is 11.6. The number of hydrogen-bond acceptors (Lipinski definition) is 3. The van der Waals surface area contributed by atoms with Crippen LogP contribution >= 0.6 is 15.9 Å². The van der Waals surface area contributed by atoms with Crippen LogP contribution in [0.25, 0.3) is 0 Å². The first-order valence-corrected chi connectivity index (χ1v) is 7.67. The summed E-state index contributed by atoms with van der Waals surface area (Å²) in [6.45, 7) is 1.69. The minimum absolute atomic E-state index is 0.0856. The Morgan fingerprint density at radius 3 is 2.68 bits per heavy atom. The van der Waals surface area contributed by atoms with Gasteiger partial charge in [-0.25, -0.2) is 0 Å². The molecule has 0 spiro atoms. The van der Waals surface area contributed by atoms with Gasteiger partial charge >= 0.3 is 16.2 Å². The third kappa shape index (κ3) is 4.81. The van der Waals surface area contributed by atoms with E-state index in [1.54, 1.807) is 25.1 Å². The summed E-state index contributed by atoms with van der Waals surface area (Å²) >= 11 is 3.26. The molecular weight excluding hydrogens is 336 g/mol. The lowest BCUT2D eigenvalue weighted by Gasteiger charge is -2.18. The number of aliphatic carboxylic acids is 1. The van der Waals surface area contributed by atoms with Crippen molar-refractivity contribution in [3.8, 4) is 0 Å². The van der Waals surface area contributed by atoms with Crippen LogP contribution in [-0.4, -0.2) is 37.4 Å². The maximum atomic E-state index is 12.0. The first-order chi connectivity index (χ1) is 8.72. The fourth-order valence-electron chi connectivity index (χ4n) is 1.29. The third-order valence-electron chi connectivity index (χ3n) is 2.49. The maximum Gasteiger partial charge on any atom is 0.304 e. The van der Waals surface area contributed by atoms with E-state index in [1.807, 2.05) is 0 Å². The van der Waals surface area contributed by atoms with E-state index in [0.29, 0.717) is 5.69 Å². The monoisotopic (exact) mass is 350 g/mol. The highest BCUT2D eigenvalue weighted by Crippen LogP contribution is 2.22. The predicted molar refractivity (Wildman–Crippen MR) is 76.3 cm³/mol. The molecule has 0 aliphatic heterocycles. The average Bonchev–Trinajstić information content (AvgIpc) is 2.30. The molecule has 6 nitrogen and oxygen atoms in total. The molecule has 0 aliphatic rings. The maximum absolute atomic E-state index is 12.0. The lowest BCUT2D eigenvalue weighted by atomic mass is 10.2. The van der Waals surface area contributed by atoms with E-state index in [1.165, 1.54) is 7.05 Å². The number of carboxylic acids is 1. The molecule has 0 heterocycles. The van der Waals surface area contributed by atoms with Gasteiger partial charge in [0.25, 0.3) is 0 Å². The highest BCUT2D eigenvalue weighted by Gasteiger charge is 2.19. The second-order valence-electron chi connectivity index (χ2n) is 4.03. The first kappa shape index (κ1) is 15.9. The second-order valence-corrected chi connectivity index (χ2v) is 6.72. The van der Waals surface area contributed by atoms with Crippen molar-refractivity contribution in [1.29, 1.82) is 0 Å². The largest absolute Gasteiger partial charge is 0.481 e. The molecule has 1 rings (SSSR count). The van der Waals surface area contributed by atoms with Crippen molar-refractivity contribution < 1.29 is 18.3 Å². The number of hydrogen-bond donors (Lipinski definition) is 2. The van der Waals surface area contributed by atoms with Crippen LogP contribution < -0.4 is 4.72 Å². The molecule has 1 aromatic rings. The number of carbonyl (C=O) groups is 1. The lowest BCUT2D eigenvalue weighted by Crippen LogP contribution is -2.34. The summed E-state index contributed by atoms with van der Waals surface area (Å²) in [4.78, 5) is 10.4. The van der Waals surface area contributed by atoms with E-state index < -0.39 is 16.2 Å². The van der Waals surface area contributed by atoms with Crippen LogP contribution in [0.2, 0.25) is 0 Å². The molecule has 0 atom stereocenters. The molecular formula is C11H15BrN2O4S. The summed E-state index contributed by atoms with van der Waals surface area (Å²) in [5.41, 5.74) is 1.23. The Morgan fingerprint density at radius 1 is 1.47 bits per heavy atom. The minimum atomic E-state index is -3.75. The second kappa shape index (κ2) is 6.36. The molecule has 0 aliphatic carbocycles. The molecule has 0 radical (unpaired) electrons. The van der Waals surface area contributed by atoms with Crippen molar-refractivity contribution >= 4 is 37.8 Å². The highest BCUT2D eigenvalue weighted by atomic mass is 79.9. The Bertz CT molecular complexity index is 574. The third-order valence-corrected chi connectivity index (χ3v) is 4.46. The molecule has 19 heavy (non-hydrogen) atoms. The van der Waals surface area contributed by atoms with E-state index >= 15 is 0 Å². The number of aryl methyl sites for hydroxylation is 1. The fourth-order valence-corrected chi connectivity index (χ4v) is 2.64. The number of anilines is 1. The van der Waals surface area contributed by atoms with Crippen molar-refractivity contribution in [2.75, 3.05) is 18.3 Å². The van der Waals surface area contributed by atoms with Crippen LogP contribution in [0.3, 0.4) is 0 Å². The summed E-state index contributed by atoms with van der Waals surface area (Å²) < 4.78 is 28.1. The Kier molecular flexibility index (Phi) is 5.33. The summed E-state index contributed by atoms with van der Waals surface area (Å²) in [6.07, 6.45) is -0.241. The van der Waals surface area contributed by atoms with E-state index in [2.05, 4.69) is 20.7 Å². The minimum Gasteiger partial charge on any atom is -0.481 e. The van der Waals surface area contributed by atoms with Crippen LogP contribution in [-0.2, 0) is 15.0 Å². The Balaban J connectivity index is 2.84. The Hall–Kier alpha value is -1.12. The molecule has 106 valence electrons. The predicted octanol–water partition coefficient (Wildman–Crippen LogP) is 1.82. The van der Waals surface area contributed by atoms with Gasteiger partial charge in [0.15, 0.2) is 0 Å². The van der Waals surface area contributed by atoms with Crippen molar-refractivity contribution in [3.63, 3.8) is 0 Å². The average molecular weight is 351 g/mol. The highest BCUT2D eigenvalue weighted by molar-refractivity contribution is 9.10. The lowest BCUT2D eigenvalue weighted by molar-refractivity contribution is -0.137. The number of halogens is 1. The molecule has 2 N–H and O–H groups in total. The number of nitrogens with zero attached hydrogens (tertiary/aromatic N) is 1. The Labute approximate surface area is 120 Å². The summed E-state index contributed by atoms with van der Waals surface area (Å²) in [7, 11) is -2.42. The number of rotatable bonds is 6. The van der Waals surface area contributed by atoms with Gasteiger partial charge < -0.3 is 5.11 Å². The molecule has 1 aromatic carbocycles. The van der Waals surface area contributed by atoms with E-state index in [-0.39, 0.29) is 13.0 Å². The van der Waals surface area contributed by atoms with Gasteiger partial charge in [-0.3, -0.25) is 9.52 Å². The van der Waals surface area contributed by atoms with Gasteiger partial charge in [0, 0.05) is 18.1 Å². The number of nitrogens with one attached hydrogen (secondary N) is 1. The first-order valence-electron chi connectivity index (χ1n) is 5.44. The molecule has 0 fully saturated rings. The van der Waals surface area contributed by atoms with Crippen LogP contribution in [0, 0.1) is 6.92 Å². The number of benzene rings is 1. The van der Waals surface area contributed by atoms with E-state index in [4.69, 9.17) is 5.11 Å². The molecule has 8 heteroatoms. The quantitative estimate of drug-likeness (QED) is 0.819. The smallest absolute Gasteiger partial charge is 0.304 e. The molecule has 0 amide bonds. The molecule has 0 saturated carbocycles. The van der Waals surface area contributed by atoms with E-state index in [9.17, 15) is 13.2 Å². The molecule has 0 saturated heterocycles. The molecule has 0 bridgehead atoms. The molecule has 0 aromatic heterocycles. The summed E-state index contributed by atoms with van der Waals surface area (Å²) in [5.74, 6) is -1.04. The van der Waals surface area contributed by atoms with Gasteiger partial charge in [-0.15, -0.1) is 0 Å². The van der Waals surface area contributed by atoms with Crippen LogP contribution in [0.1, 0.15) is 12.0 Å². The van der Waals surface area contributed by atoms with Crippen molar-refractivity contribution in [1.82, 2.24) is 4.31 Å². The van der Waals surface area contributed by atoms with Crippen LogP contribution in [0.4, 0.5) is 5.69 Å². The van der Waals surface area contributed by atoms with Crippen molar-refractivity contribution in [2.24, 2.45) is 0 Å². The Morgan fingerprint density at radius 2 is 2.11 bits per heavy atom. The number of carboxylic acid groups (broad SMARTS) is 1. The zero-order valence-electron chi connectivity index (χ0n) is 10.6. The van der Waals surface area contributed by atoms with Crippen LogP contribution in [0.5, 0.6) is 0 Å². The summed E-state index contributed by atoms with van der Waals surface area (Å²) in [6, 6.07) is 5.23. The van der Waals surface area contributed by atoms with E-state index in [0.717, 1.165) is 14.3 Å². The van der Waals surface area contributed by atoms with Crippen molar-refractivity contribution in [2.45, 2.75) is 13.3 Å². The van der Waals surface area contributed by atoms with Crippen molar-refractivity contribution in [3.05, 3.63) is 28.2 Å². The zero-order chi connectivity index (χ0) is 14.6. The van der Waals surface area contributed by atoms with Gasteiger partial charge in [-0.1, -0.05) is 22.0 Å². The van der Waals surface area contributed by atoms with Gasteiger partial charge in [-0.2, -0.15) is 12.7 Å². The SMILES string of the molecule is Cc1ccc(Br)cc1NS(=O)(=O)N(C)CCC(=O)O. The summed E-state index contributed by atoms with van der Waals surface area (Å²) in [5, 5.41) is 8.55. The zero-order valence-corrected chi connectivity index (χ0v) is 13.0. The fraction of sp³-hybridized carbons (Fsp3) is 0.364. The van der Waals surface area contributed by atoms with Gasteiger partial charge in [0.1, 0.15) is 0 Å². The standard InChI is InChI=1S/C11H15BrN2O4S/c1-8-3-4-9(12)7-10(8)13-19(17,18)14(2)6-5-11(15)16/h3-4,7,13H,5-6H2,1-2H3,(H,15,16). The topological polar surface area (TPSA) is 86.7 Å². The van der Waals surface area contributed by atoms with Gasteiger partial charge in [0.05, 0.1) is 12.1 Å². The van der Waals surface area contributed by atoms with Crippen LogP contribution in [0.15, 0.2) is 22.7 Å². The van der Waals surface area contributed by atoms with Gasteiger partial charge in [-0.05, 0) is 24.6 Å². The molecule has 0 unspecified atom stereocenters. The van der Waals surface area contributed by atoms with Gasteiger partial charge in [0.2, 0.25) is 0 Å².